The Morgan fingerprint density at radius 2 is 1.90 bits per heavy atom. The number of benzene rings is 1. The normalized spacial score (nSPS) is 11.3. The van der Waals surface area contributed by atoms with Crippen molar-refractivity contribution in [1.82, 2.24) is 5.32 Å². The number of nitrogens with one attached hydrogen (secondary N) is 1. The highest BCUT2D eigenvalue weighted by Gasteiger charge is 2.07. The number of aryl methyl sites for hydroxylation is 1. The molecule has 0 radical (unpaired) electrons. The second kappa shape index (κ2) is 7.69. The second-order valence-electron chi connectivity index (χ2n) is 5.41. The van der Waals surface area contributed by atoms with Crippen molar-refractivity contribution < 1.29 is 9.13 Å². The molecule has 0 aliphatic carbocycles. The van der Waals surface area contributed by atoms with E-state index < -0.39 is 0 Å². The zero-order chi connectivity index (χ0) is 15.2. The molecule has 2 nitrogen and oxygen atoms in total. The maximum absolute atomic E-state index is 13.5. The highest BCUT2D eigenvalue weighted by Crippen LogP contribution is 2.23. The number of thiophene rings is 1. The largest absolute Gasteiger partial charge is 0.372 e. The lowest BCUT2D eigenvalue weighted by Crippen LogP contribution is -2.21. The Balaban J connectivity index is 1.87. The fraction of sp³-hybridized carbons (Fsp3) is 0.412. The molecule has 0 amide bonds. The Morgan fingerprint density at radius 1 is 1.19 bits per heavy atom. The Kier molecular flexibility index (Phi) is 5.91. The van der Waals surface area contributed by atoms with Crippen molar-refractivity contribution in [3.63, 3.8) is 0 Å². The van der Waals surface area contributed by atoms with Gasteiger partial charge in [0.05, 0.1) is 13.2 Å². The van der Waals surface area contributed by atoms with E-state index >= 15 is 0 Å². The van der Waals surface area contributed by atoms with Crippen LogP contribution < -0.4 is 5.32 Å². The van der Waals surface area contributed by atoms with Crippen LogP contribution >= 0.6 is 11.3 Å². The predicted octanol–water partition coefficient (Wildman–Crippen LogP) is 4.41. The molecule has 2 aromatic rings. The molecule has 0 unspecified atom stereocenters. The Hall–Kier alpha value is -1.23. The summed E-state index contributed by atoms with van der Waals surface area (Å²) in [5.74, 6) is -0.207. The van der Waals surface area contributed by atoms with E-state index in [-0.39, 0.29) is 5.82 Å². The average molecular weight is 307 g/mol. The number of ether oxygens (including phenoxy) is 1. The summed E-state index contributed by atoms with van der Waals surface area (Å²) in [6, 6.07) is 9.39. The van der Waals surface area contributed by atoms with E-state index in [1.54, 1.807) is 23.5 Å². The molecule has 114 valence electrons. The van der Waals surface area contributed by atoms with Crippen LogP contribution in [0.15, 0.2) is 30.3 Å². The molecule has 0 atom stereocenters. The molecule has 1 N–H and O–H groups in total. The van der Waals surface area contributed by atoms with Crippen LogP contribution in [0.3, 0.4) is 0 Å². The van der Waals surface area contributed by atoms with E-state index in [2.05, 4.69) is 32.2 Å². The van der Waals surface area contributed by atoms with Crippen molar-refractivity contribution in [2.75, 3.05) is 0 Å². The van der Waals surface area contributed by atoms with Gasteiger partial charge in [0.2, 0.25) is 0 Å². The van der Waals surface area contributed by atoms with Gasteiger partial charge in [-0.25, -0.2) is 4.39 Å². The van der Waals surface area contributed by atoms with Gasteiger partial charge in [-0.1, -0.05) is 32.0 Å². The van der Waals surface area contributed by atoms with E-state index in [1.165, 1.54) is 21.4 Å². The van der Waals surface area contributed by atoms with Gasteiger partial charge in [-0.3, -0.25) is 0 Å². The third-order valence-electron chi connectivity index (χ3n) is 3.23. The second-order valence-corrected chi connectivity index (χ2v) is 6.75. The Labute approximate surface area is 130 Å². The standard InChI is InChI=1S/C17H22FNOS/c1-12(2)19-9-16-8-15(13(3)21-16)11-20-10-14-6-4-5-7-17(14)18/h4-8,12,19H,9-11H2,1-3H3. The van der Waals surface area contributed by atoms with Crippen LogP contribution in [0.4, 0.5) is 4.39 Å². The van der Waals surface area contributed by atoms with Gasteiger partial charge in [-0.2, -0.15) is 0 Å². The predicted molar refractivity (Wildman–Crippen MR) is 85.9 cm³/mol. The third-order valence-corrected chi connectivity index (χ3v) is 4.32. The molecule has 4 heteroatoms. The van der Waals surface area contributed by atoms with Gasteiger partial charge in [-0.05, 0) is 24.6 Å². The van der Waals surface area contributed by atoms with Gasteiger partial charge in [0, 0.05) is 27.9 Å². The number of halogens is 1. The fourth-order valence-electron chi connectivity index (χ4n) is 2.01. The van der Waals surface area contributed by atoms with Gasteiger partial charge < -0.3 is 10.1 Å². The molecule has 0 fully saturated rings. The van der Waals surface area contributed by atoms with Gasteiger partial charge in [0.25, 0.3) is 0 Å². The van der Waals surface area contributed by atoms with Crippen molar-refractivity contribution in [2.45, 2.75) is 46.6 Å². The topological polar surface area (TPSA) is 21.3 Å². The van der Waals surface area contributed by atoms with Gasteiger partial charge in [0.15, 0.2) is 0 Å². The SMILES string of the molecule is Cc1sc(CNC(C)C)cc1COCc1ccccc1F. The first-order chi connectivity index (χ1) is 10.1. The lowest BCUT2D eigenvalue weighted by Gasteiger charge is -2.05. The summed E-state index contributed by atoms with van der Waals surface area (Å²) >= 11 is 1.79. The quantitative estimate of drug-likeness (QED) is 0.818. The highest BCUT2D eigenvalue weighted by molar-refractivity contribution is 7.12. The van der Waals surface area contributed by atoms with Crippen LogP contribution in [0.5, 0.6) is 0 Å². The van der Waals surface area contributed by atoms with Crippen LogP contribution in [0.25, 0.3) is 0 Å². The summed E-state index contributed by atoms with van der Waals surface area (Å²) in [5.41, 5.74) is 1.80. The molecular formula is C17H22FNOS. The minimum Gasteiger partial charge on any atom is -0.372 e. The highest BCUT2D eigenvalue weighted by atomic mass is 32.1. The zero-order valence-corrected chi connectivity index (χ0v) is 13.6. The molecule has 1 aromatic heterocycles. The van der Waals surface area contributed by atoms with E-state index in [0.29, 0.717) is 24.8 Å². The molecule has 0 spiro atoms. The summed E-state index contributed by atoms with van der Waals surface area (Å²) < 4.78 is 19.1. The number of hydrogen-bond acceptors (Lipinski definition) is 3. The van der Waals surface area contributed by atoms with Gasteiger partial charge >= 0.3 is 0 Å². The Bertz CT molecular complexity index is 580. The smallest absolute Gasteiger partial charge is 0.128 e. The van der Waals surface area contributed by atoms with Crippen molar-refractivity contribution in [2.24, 2.45) is 0 Å². The summed E-state index contributed by atoms with van der Waals surface area (Å²) in [7, 11) is 0. The molecule has 0 saturated carbocycles. The lowest BCUT2D eigenvalue weighted by molar-refractivity contribution is 0.105. The monoisotopic (exact) mass is 307 g/mol. The number of rotatable bonds is 7. The van der Waals surface area contributed by atoms with E-state index in [4.69, 9.17) is 4.74 Å². The third kappa shape index (κ3) is 4.92. The van der Waals surface area contributed by atoms with Crippen molar-refractivity contribution >= 4 is 11.3 Å². The van der Waals surface area contributed by atoms with Gasteiger partial charge in [-0.15, -0.1) is 11.3 Å². The van der Waals surface area contributed by atoms with E-state index in [1.807, 2.05) is 6.07 Å². The summed E-state index contributed by atoms with van der Waals surface area (Å²) in [6.07, 6.45) is 0. The number of hydrogen-bond donors (Lipinski definition) is 1. The molecule has 21 heavy (non-hydrogen) atoms. The molecule has 2 rings (SSSR count). The first-order valence-corrected chi connectivity index (χ1v) is 8.00. The molecule has 1 aromatic carbocycles. The molecule has 0 bridgehead atoms. The minimum absolute atomic E-state index is 0.207. The zero-order valence-electron chi connectivity index (χ0n) is 12.8. The van der Waals surface area contributed by atoms with Crippen molar-refractivity contribution in [3.05, 3.63) is 57.0 Å². The molecule has 1 heterocycles. The van der Waals surface area contributed by atoms with Crippen LogP contribution in [-0.2, 0) is 24.5 Å². The maximum atomic E-state index is 13.5. The summed E-state index contributed by atoms with van der Waals surface area (Å²) in [6.45, 7) is 8.10. The van der Waals surface area contributed by atoms with Crippen LogP contribution in [-0.4, -0.2) is 6.04 Å². The van der Waals surface area contributed by atoms with Gasteiger partial charge in [0.1, 0.15) is 5.82 Å². The molecule has 0 aliphatic heterocycles. The van der Waals surface area contributed by atoms with E-state index in [9.17, 15) is 4.39 Å². The van der Waals surface area contributed by atoms with Crippen molar-refractivity contribution in [3.8, 4) is 0 Å². The molecule has 0 aliphatic rings. The molecular weight excluding hydrogens is 285 g/mol. The Morgan fingerprint density at radius 3 is 2.62 bits per heavy atom. The van der Waals surface area contributed by atoms with Crippen molar-refractivity contribution in [1.29, 1.82) is 0 Å². The maximum Gasteiger partial charge on any atom is 0.128 e. The first kappa shape index (κ1) is 16.1. The fourth-order valence-corrected chi connectivity index (χ4v) is 3.01. The van der Waals surface area contributed by atoms with Crippen LogP contribution in [0, 0.1) is 12.7 Å². The first-order valence-electron chi connectivity index (χ1n) is 7.19. The summed E-state index contributed by atoms with van der Waals surface area (Å²) in [5, 5.41) is 3.41. The summed E-state index contributed by atoms with van der Waals surface area (Å²) in [4.78, 5) is 2.58. The van der Waals surface area contributed by atoms with Crippen LogP contribution in [0.1, 0.15) is 34.7 Å². The lowest BCUT2D eigenvalue weighted by atomic mass is 10.2. The average Bonchev–Trinajstić information content (AvgIpc) is 2.79. The molecule has 0 saturated heterocycles. The van der Waals surface area contributed by atoms with Crippen LogP contribution in [0.2, 0.25) is 0 Å². The van der Waals surface area contributed by atoms with E-state index in [0.717, 1.165) is 6.54 Å². The minimum atomic E-state index is -0.207.